The van der Waals surface area contributed by atoms with Crippen molar-refractivity contribution in [2.24, 2.45) is 0 Å². The number of halogens is 3. The molecule has 0 aromatic heterocycles. The molecule has 2 aromatic carbocycles. The maximum atomic E-state index is 13.3. The van der Waals surface area contributed by atoms with Crippen LogP contribution in [-0.2, 0) is 17.3 Å². The summed E-state index contributed by atoms with van der Waals surface area (Å²) in [6.07, 6.45) is 2.70. The van der Waals surface area contributed by atoms with Crippen molar-refractivity contribution >= 4 is 28.6 Å². The zero-order valence-corrected chi connectivity index (χ0v) is 23.0. The number of nitro groups is 1. The highest BCUT2D eigenvalue weighted by molar-refractivity contribution is 7.80. The summed E-state index contributed by atoms with van der Waals surface area (Å²) in [6.45, 7) is 4.46. The van der Waals surface area contributed by atoms with Gasteiger partial charge in [-0.2, -0.15) is 13.2 Å². The number of thiocarbonyl (C=S) groups is 1. The highest BCUT2D eigenvalue weighted by Gasteiger charge is 2.38. The molecule has 1 saturated heterocycles. The van der Waals surface area contributed by atoms with Gasteiger partial charge in [-0.1, -0.05) is 49.8 Å². The lowest BCUT2D eigenvalue weighted by Crippen LogP contribution is -2.40. The van der Waals surface area contributed by atoms with E-state index >= 15 is 0 Å². The highest BCUT2D eigenvalue weighted by atomic mass is 32.1. The first-order valence-corrected chi connectivity index (χ1v) is 14.1. The van der Waals surface area contributed by atoms with Crippen molar-refractivity contribution in [2.45, 2.75) is 82.5 Å². The fourth-order valence-corrected chi connectivity index (χ4v) is 5.86. The molecule has 2 aromatic rings. The maximum absolute atomic E-state index is 13.3. The number of ether oxygens (including phenoxy) is 1. The lowest BCUT2D eigenvalue weighted by molar-refractivity contribution is -0.388. The van der Waals surface area contributed by atoms with Crippen LogP contribution in [0.1, 0.15) is 74.5 Å². The van der Waals surface area contributed by atoms with Crippen LogP contribution in [0, 0.1) is 10.1 Å². The number of piperidine rings is 1. The van der Waals surface area contributed by atoms with Gasteiger partial charge in [-0.3, -0.25) is 10.1 Å². The number of hydrogen-bond acceptors (Lipinski definition) is 5. The van der Waals surface area contributed by atoms with E-state index in [1.165, 1.54) is 17.2 Å². The molecule has 1 heterocycles. The Morgan fingerprint density at radius 1 is 1.08 bits per heavy atom. The van der Waals surface area contributed by atoms with Gasteiger partial charge in [0.25, 0.3) is 5.69 Å². The lowest BCUT2D eigenvalue weighted by atomic mass is 9.89. The first-order valence-electron chi connectivity index (χ1n) is 13.7. The van der Waals surface area contributed by atoms with Crippen LogP contribution in [0.4, 0.5) is 24.5 Å². The standard InChI is InChI=1S/C29H36F3N3O3S/c1-2-3-20-4-6-21(7-5-20)22-14-16-34(17-15-22)28(39)19-38-25-11-8-23(9-12-25)33-24-10-13-27(35(36)37)26(18-24)29(30,31)32/h4-7,10,13,18,22-23,25,33H,2-3,8-9,11-12,14-17,19H2,1H3/t23-,25-. The van der Waals surface area contributed by atoms with Crippen LogP contribution in [0.3, 0.4) is 0 Å². The number of nitrogens with zero attached hydrogens (tertiary/aromatic N) is 2. The van der Waals surface area contributed by atoms with E-state index in [0.29, 0.717) is 12.5 Å². The Kier molecular flexibility index (Phi) is 9.82. The fourth-order valence-electron chi connectivity index (χ4n) is 5.61. The summed E-state index contributed by atoms with van der Waals surface area (Å²) in [5.41, 5.74) is 0.858. The first kappa shape index (κ1) is 29.3. The molecule has 0 radical (unpaired) electrons. The minimum Gasteiger partial charge on any atom is -0.382 e. The van der Waals surface area contributed by atoms with Crippen LogP contribution in [0.15, 0.2) is 42.5 Å². The molecule has 6 nitrogen and oxygen atoms in total. The molecule has 0 unspecified atom stereocenters. The largest absolute Gasteiger partial charge is 0.423 e. The van der Waals surface area contributed by atoms with Gasteiger partial charge in [-0.05, 0) is 74.1 Å². The van der Waals surface area contributed by atoms with Gasteiger partial charge in [0.05, 0.1) is 17.6 Å². The van der Waals surface area contributed by atoms with E-state index in [0.717, 1.165) is 81.6 Å². The van der Waals surface area contributed by atoms with Gasteiger partial charge in [-0.25, -0.2) is 0 Å². The number of aryl methyl sites for hydroxylation is 1. The monoisotopic (exact) mass is 563 g/mol. The normalized spacial score (nSPS) is 20.6. The number of nitro benzene ring substituents is 1. The van der Waals surface area contributed by atoms with Gasteiger partial charge in [0.2, 0.25) is 0 Å². The molecule has 2 aliphatic rings. The third-order valence-corrected chi connectivity index (χ3v) is 8.20. The van der Waals surface area contributed by atoms with E-state index in [-0.39, 0.29) is 17.8 Å². The van der Waals surface area contributed by atoms with Crippen molar-refractivity contribution in [3.8, 4) is 0 Å². The Hall–Kier alpha value is -2.72. The molecule has 212 valence electrons. The van der Waals surface area contributed by atoms with Crippen LogP contribution in [0.25, 0.3) is 0 Å². The van der Waals surface area contributed by atoms with Crippen molar-refractivity contribution in [1.82, 2.24) is 4.90 Å². The molecule has 2 fully saturated rings. The predicted octanol–water partition coefficient (Wildman–Crippen LogP) is 7.51. The summed E-state index contributed by atoms with van der Waals surface area (Å²) >= 11 is 5.67. The van der Waals surface area contributed by atoms with Crippen molar-refractivity contribution < 1.29 is 22.8 Å². The second-order valence-electron chi connectivity index (χ2n) is 10.6. The van der Waals surface area contributed by atoms with Gasteiger partial charge in [0.15, 0.2) is 0 Å². The highest BCUT2D eigenvalue weighted by Crippen LogP contribution is 2.38. The molecule has 4 rings (SSSR count). The predicted molar refractivity (Wildman–Crippen MR) is 150 cm³/mol. The van der Waals surface area contributed by atoms with E-state index in [2.05, 4.69) is 41.4 Å². The summed E-state index contributed by atoms with van der Waals surface area (Å²) in [5.74, 6) is 0.561. The zero-order chi connectivity index (χ0) is 28.0. The maximum Gasteiger partial charge on any atom is 0.423 e. The smallest absolute Gasteiger partial charge is 0.382 e. The lowest BCUT2D eigenvalue weighted by Gasteiger charge is -2.35. The third-order valence-electron chi connectivity index (χ3n) is 7.82. The fraction of sp³-hybridized carbons (Fsp3) is 0.552. The second kappa shape index (κ2) is 13.1. The third kappa shape index (κ3) is 7.91. The summed E-state index contributed by atoms with van der Waals surface area (Å²) < 4.78 is 45.9. The Morgan fingerprint density at radius 3 is 2.33 bits per heavy atom. The number of hydrogen-bond donors (Lipinski definition) is 1. The quantitative estimate of drug-likeness (QED) is 0.193. The van der Waals surface area contributed by atoms with E-state index in [4.69, 9.17) is 17.0 Å². The average molecular weight is 564 g/mol. The summed E-state index contributed by atoms with van der Waals surface area (Å²) in [7, 11) is 0. The van der Waals surface area contributed by atoms with Crippen molar-refractivity contribution in [2.75, 3.05) is 25.0 Å². The molecule has 0 amide bonds. The summed E-state index contributed by atoms with van der Waals surface area (Å²) in [5, 5.41) is 14.1. The van der Waals surface area contributed by atoms with Crippen molar-refractivity contribution in [3.63, 3.8) is 0 Å². The zero-order valence-electron chi connectivity index (χ0n) is 22.2. The summed E-state index contributed by atoms with van der Waals surface area (Å²) in [6, 6.07) is 12.1. The van der Waals surface area contributed by atoms with Gasteiger partial charge < -0.3 is 15.0 Å². The van der Waals surface area contributed by atoms with E-state index in [1.54, 1.807) is 0 Å². The van der Waals surface area contributed by atoms with Crippen LogP contribution >= 0.6 is 12.2 Å². The Bertz CT molecular complexity index is 1130. The van der Waals surface area contributed by atoms with Gasteiger partial charge in [-0.15, -0.1) is 0 Å². The van der Waals surface area contributed by atoms with E-state index < -0.39 is 22.4 Å². The number of nitrogens with one attached hydrogen (secondary N) is 1. The number of likely N-dealkylation sites (tertiary alicyclic amines) is 1. The average Bonchev–Trinajstić information content (AvgIpc) is 2.92. The van der Waals surface area contributed by atoms with Gasteiger partial charge >= 0.3 is 6.18 Å². The Labute approximate surface area is 233 Å². The van der Waals surface area contributed by atoms with Gasteiger partial charge in [0, 0.05) is 30.9 Å². The molecule has 0 atom stereocenters. The van der Waals surface area contributed by atoms with Crippen LogP contribution < -0.4 is 5.32 Å². The van der Waals surface area contributed by atoms with Gasteiger partial charge in [0.1, 0.15) is 10.6 Å². The van der Waals surface area contributed by atoms with Crippen molar-refractivity contribution in [1.29, 1.82) is 0 Å². The molecule has 1 aliphatic heterocycles. The molecular weight excluding hydrogens is 527 g/mol. The minimum absolute atomic E-state index is 0.0191. The Balaban J connectivity index is 1.18. The molecule has 1 aliphatic carbocycles. The topological polar surface area (TPSA) is 67.6 Å². The van der Waals surface area contributed by atoms with E-state index in [9.17, 15) is 23.3 Å². The molecule has 10 heteroatoms. The van der Waals surface area contributed by atoms with Crippen LogP contribution in [0.5, 0.6) is 0 Å². The molecule has 39 heavy (non-hydrogen) atoms. The number of rotatable bonds is 9. The number of anilines is 1. The summed E-state index contributed by atoms with van der Waals surface area (Å²) in [4.78, 5) is 13.0. The Morgan fingerprint density at radius 2 is 1.74 bits per heavy atom. The molecule has 0 bridgehead atoms. The molecular formula is C29H36F3N3O3S. The van der Waals surface area contributed by atoms with Crippen molar-refractivity contribution in [3.05, 3.63) is 69.3 Å². The first-order chi connectivity index (χ1) is 18.6. The van der Waals surface area contributed by atoms with Crippen LogP contribution in [-0.4, -0.2) is 46.7 Å². The van der Waals surface area contributed by atoms with Crippen LogP contribution in [0.2, 0.25) is 0 Å². The molecule has 1 N–H and O–H groups in total. The SMILES string of the molecule is CCCc1ccc(C2CCN(C(=S)CO[C@H]3CC[C@H](Nc4ccc([N+](=O)[O-])c(C(F)(F)F)c4)CC3)CC2)cc1. The second-order valence-corrected chi connectivity index (χ2v) is 11.0. The molecule has 0 spiro atoms. The number of benzene rings is 2. The minimum atomic E-state index is -4.79. The molecule has 1 saturated carbocycles. The van der Waals surface area contributed by atoms with E-state index in [1.807, 2.05) is 0 Å². The number of alkyl halides is 3.